The van der Waals surface area contributed by atoms with Gasteiger partial charge in [-0.1, -0.05) is 0 Å². The Balaban J connectivity index is 2.73. The summed E-state index contributed by atoms with van der Waals surface area (Å²) in [7, 11) is 4.21. The molecule has 1 heterocycles. The molecule has 0 aliphatic carbocycles. The molecule has 0 fully saturated rings. The zero-order valence-electron chi connectivity index (χ0n) is 12.9. The molecule has 0 radical (unpaired) electrons. The van der Waals surface area contributed by atoms with Crippen molar-refractivity contribution >= 4 is 11.6 Å². The monoisotopic (exact) mass is 265 g/mol. The van der Waals surface area contributed by atoms with Crippen LogP contribution in [-0.2, 0) is 0 Å². The van der Waals surface area contributed by atoms with Gasteiger partial charge >= 0.3 is 0 Å². The second-order valence-electron chi connectivity index (χ2n) is 4.93. The minimum Gasteiger partial charge on any atom is -0.370 e. The van der Waals surface area contributed by atoms with E-state index in [9.17, 15) is 0 Å². The SMILES string of the molecule is CCNc1cc(N(CC)CCCN(C)C)nc(C)n1. The molecular weight excluding hydrogens is 238 g/mol. The summed E-state index contributed by atoms with van der Waals surface area (Å²) in [4.78, 5) is 13.5. The Bertz CT molecular complexity index is 378. The highest BCUT2D eigenvalue weighted by atomic mass is 15.2. The van der Waals surface area contributed by atoms with E-state index in [-0.39, 0.29) is 0 Å². The van der Waals surface area contributed by atoms with Crippen LogP contribution >= 0.6 is 0 Å². The Labute approximate surface area is 117 Å². The minimum atomic E-state index is 0.819. The van der Waals surface area contributed by atoms with E-state index in [1.807, 2.05) is 13.0 Å². The maximum atomic E-state index is 4.55. The highest BCUT2D eigenvalue weighted by Crippen LogP contribution is 2.16. The van der Waals surface area contributed by atoms with Crippen molar-refractivity contribution in [2.75, 3.05) is 50.5 Å². The molecule has 19 heavy (non-hydrogen) atoms. The third kappa shape index (κ3) is 5.42. The minimum absolute atomic E-state index is 0.819. The van der Waals surface area contributed by atoms with Crippen LogP contribution in [-0.4, -0.2) is 55.1 Å². The van der Waals surface area contributed by atoms with E-state index in [0.29, 0.717) is 0 Å². The second kappa shape index (κ2) is 7.94. The van der Waals surface area contributed by atoms with Crippen LogP contribution in [0.5, 0.6) is 0 Å². The molecule has 0 aromatic carbocycles. The summed E-state index contributed by atoms with van der Waals surface area (Å²) in [6.07, 6.45) is 1.14. The lowest BCUT2D eigenvalue weighted by Gasteiger charge is -2.23. The molecule has 0 spiro atoms. The molecule has 5 nitrogen and oxygen atoms in total. The summed E-state index contributed by atoms with van der Waals surface area (Å²) >= 11 is 0. The molecule has 0 unspecified atom stereocenters. The summed E-state index contributed by atoms with van der Waals surface area (Å²) in [5.74, 6) is 2.75. The summed E-state index contributed by atoms with van der Waals surface area (Å²) in [5.41, 5.74) is 0. The Morgan fingerprint density at radius 2 is 1.89 bits per heavy atom. The summed E-state index contributed by atoms with van der Waals surface area (Å²) in [5, 5.41) is 3.26. The lowest BCUT2D eigenvalue weighted by Crippen LogP contribution is -2.28. The third-order valence-corrected chi connectivity index (χ3v) is 2.92. The Morgan fingerprint density at radius 3 is 2.47 bits per heavy atom. The van der Waals surface area contributed by atoms with Gasteiger partial charge in [0.25, 0.3) is 0 Å². The lowest BCUT2D eigenvalue weighted by atomic mass is 10.3. The first-order chi connectivity index (χ1) is 9.06. The van der Waals surface area contributed by atoms with Crippen LogP contribution < -0.4 is 10.2 Å². The van der Waals surface area contributed by atoms with Crippen molar-refractivity contribution in [1.82, 2.24) is 14.9 Å². The molecule has 1 aromatic rings. The van der Waals surface area contributed by atoms with E-state index in [4.69, 9.17) is 0 Å². The standard InChI is InChI=1S/C14H27N5/c1-6-15-13-11-14(17-12(3)16-13)19(7-2)10-8-9-18(4)5/h11H,6-10H2,1-5H3,(H,15,16,17). The van der Waals surface area contributed by atoms with Crippen LogP contribution in [0.1, 0.15) is 26.1 Å². The van der Waals surface area contributed by atoms with E-state index >= 15 is 0 Å². The maximum absolute atomic E-state index is 4.55. The zero-order valence-corrected chi connectivity index (χ0v) is 12.9. The van der Waals surface area contributed by atoms with Crippen molar-refractivity contribution in [3.05, 3.63) is 11.9 Å². The quantitative estimate of drug-likeness (QED) is 0.779. The maximum Gasteiger partial charge on any atom is 0.134 e. The molecule has 0 bridgehead atoms. The van der Waals surface area contributed by atoms with Gasteiger partial charge in [0.1, 0.15) is 17.5 Å². The van der Waals surface area contributed by atoms with Crippen molar-refractivity contribution in [2.45, 2.75) is 27.2 Å². The van der Waals surface area contributed by atoms with Crippen molar-refractivity contribution in [2.24, 2.45) is 0 Å². The molecule has 0 aliphatic heterocycles. The van der Waals surface area contributed by atoms with Gasteiger partial charge in [0.15, 0.2) is 0 Å². The van der Waals surface area contributed by atoms with Gasteiger partial charge in [0.2, 0.25) is 0 Å². The molecule has 1 N–H and O–H groups in total. The van der Waals surface area contributed by atoms with Crippen LogP contribution in [0, 0.1) is 6.92 Å². The Hall–Kier alpha value is -1.36. The summed E-state index contributed by atoms with van der Waals surface area (Å²) < 4.78 is 0. The van der Waals surface area contributed by atoms with Crippen molar-refractivity contribution < 1.29 is 0 Å². The van der Waals surface area contributed by atoms with Crippen LogP contribution in [0.4, 0.5) is 11.6 Å². The Morgan fingerprint density at radius 1 is 1.16 bits per heavy atom. The van der Waals surface area contributed by atoms with Gasteiger partial charge in [-0.05, 0) is 47.8 Å². The molecule has 1 rings (SSSR count). The normalized spacial score (nSPS) is 10.8. The predicted molar refractivity (Wildman–Crippen MR) is 82.0 cm³/mol. The number of hydrogen-bond donors (Lipinski definition) is 1. The van der Waals surface area contributed by atoms with Gasteiger partial charge in [-0.25, -0.2) is 9.97 Å². The smallest absolute Gasteiger partial charge is 0.134 e. The molecule has 1 aromatic heterocycles. The number of nitrogens with one attached hydrogen (secondary N) is 1. The second-order valence-corrected chi connectivity index (χ2v) is 4.93. The van der Waals surface area contributed by atoms with E-state index < -0.39 is 0 Å². The number of nitrogens with zero attached hydrogens (tertiary/aromatic N) is 4. The van der Waals surface area contributed by atoms with Gasteiger partial charge in [-0.3, -0.25) is 0 Å². The fourth-order valence-corrected chi connectivity index (χ4v) is 2.00. The van der Waals surface area contributed by atoms with E-state index in [0.717, 1.165) is 50.1 Å². The average Bonchev–Trinajstić information content (AvgIpc) is 2.34. The molecule has 0 atom stereocenters. The van der Waals surface area contributed by atoms with E-state index in [1.54, 1.807) is 0 Å². The van der Waals surface area contributed by atoms with Gasteiger partial charge in [-0.2, -0.15) is 0 Å². The number of rotatable bonds is 8. The van der Waals surface area contributed by atoms with Gasteiger partial charge in [-0.15, -0.1) is 0 Å². The van der Waals surface area contributed by atoms with Crippen LogP contribution in [0.15, 0.2) is 6.07 Å². The number of aromatic nitrogens is 2. The number of aryl methyl sites for hydroxylation is 1. The van der Waals surface area contributed by atoms with Gasteiger partial charge in [0.05, 0.1) is 0 Å². The van der Waals surface area contributed by atoms with Crippen molar-refractivity contribution in [1.29, 1.82) is 0 Å². The first-order valence-corrected chi connectivity index (χ1v) is 7.06. The van der Waals surface area contributed by atoms with Crippen LogP contribution in [0.3, 0.4) is 0 Å². The highest BCUT2D eigenvalue weighted by molar-refractivity contribution is 5.49. The van der Waals surface area contributed by atoms with Crippen LogP contribution in [0.25, 0.3) is 0 Å². The van der Waals surface area contributed by atoms with Crippen molar-refractivity contribution in [3.8, 4) is 0 Å². The third-order valence-electron chi connectivity index (χ3n) is 2.92. The van der Waals surface area contributed by atoms with E-state index in [2.05, 4.69) is 53.0 Å². The molecule has 0 amide bonds. The first kappa shape index (κ1) is 15.7. The fourth-order valence-electron chi connectivity index (χ4n) is 2.00. The molecule has 0 saturated heterocycles. The molecule has 0 saturated carbocycles. The number of hydrogen-bond acceptors (Lipinski definition) is 5. The predicted octanol–water partition coefficient (Wildman–Crippen LogP) is 1.99. The van der Waals surface area contributed by atoms with Gasteiger partial charge in [0, 0.05) is 25.7 Å². The van der Waals surface area contributed by atoms with Crippen LogP contribution in [0.2, 0.25) is 0 Å². The van der Waals surface area contributed by atoms with Crippen molar-refractivity contribution in [3.63, 3.8) is 0 Å². The summed E-state index contributed by atoms with van der Waals surface area (Å²) in [6.45, 7) is 10.2. The molecule has 0 aliphatic rings. The largest absolute Gasteiger partial charge is 0.370 e. The molecule has 5 heteroatoms. The first-order valence-electron chi connectivity index (χ1n) is 7.06. The van der Waals surface area contributed by atoms with Gasteiger partial charge < -0.3 is 15.1 Å². The Kier molecular flexibility index (Phi) is 6.56. The highest BCUT2D eigenvalue weighted by Gasteiger charge is 2.08. The topological polar surface area (TPSA) is 44.3 Å². The molecule has 108 valence electrons. The fraction of sp³-hybridized carbons (Fsp3) is 0.714. The zero-order chi connectivity index (χ0) is 14.3. The lowest BCUT2D eigenvalue weighted by molar-refractivity contribution is 0.400. The summed E-state index contributed by atoms with van der Waals surface area (Å²) in [6, 6.07) is 2.04. The average molecular weight is 265 g/mol. The van der Waals surface area contributed by atoms with E-state index in [1.165, 1.54) is 0 Å². The number of anilines is 2. The molecular formula is C14H27N5.